The van der Waals surface area contributed by atoms with Gasteiger partial charge in [-0.15, -0.1) is 0 Å². The molecule has 0 spiro atoms. The Balaban J connectivity index is 4.45. The number of hydrogen-bond acceptors (Lipinski definition) is 6. The quantitative estimate of drug-likeness (QED) is 0.0261. The third-order valence-electron chi connectivity index (χ3n) is 14.6. The third-order valence-corrected chi connectivity index (χ3v) is 14.6. The summed E-state index contributed by atoms with van der Waals surface area (Å²) in [4.78, 5) is 38.4. The van der Waals surface area contributed by atoms with Crippen LogP contribution in [0.15, 0.2) is 134 Å². The van der Waals surface area contributed by atoms with E-state index in [9.17, 15) is 14.4 Å². The molecule has 0 amide bonds. The van der Waals surface area contributed by atoms with E-state index in [1.54, 1.807) is 0 Å². The van der Waals surface area contributed by atoms with Crippen molar-refractivity contribution in [3.63, 3.8) is 0 Å². The van der Waals surface area contributed by atoms with Gasteiger partial charge in [0.05, 0.1) is 0 Å². The second-order valence-corrected chi connectivity index (χ2v) is 22.7. The molecule has 0 N–H and O–H groups in total. The molecule has 83 heavy (non-hydrogen) atoms. The minimum atomic E-state index is -0.817. The summed E-state index contributed by atoms with van der Waals surface area (Å²) in [7, 11) is 0. The van der Waals surface area contributed by atoms with E-state index in [1.807, 2.05) is 6.08 Å². The van der Waals surface area contributed by atoms with Crippen LogP contribution in [-0.4, -0.2) is 37.2 Å². The molecular weight excluding hydrogens is 1020 g/mol. The Labute approximate surface area is 513 Å². The number of unbranched alkanes of at least 4 members (excludes halogenated alkanes) is 29. The van der Waals surface area contributed by atoms with Crippen molar-refractivity contribution in [2.75, 3.05) is 13.2 Å². The zero-order valence-electron chi connectivity index (χ0n) is 54.2. The van der Waals surface area contributed by atoms with Crippen LogP contribution in [0.3, 0.4) is 0 Å². The van der Waals surface area contributed by atoms with E-state index < -0.39 is 6.10 Å². The lowest BCUT2D eigenvalue weighted by molar-refractivity contribution is -0.166. The SMILES string of the molecule is CC/C=C\C/C=C\C/C=C\C/C=C\C/C=C\C/C=C\CCC(=O)OCC(COC(=O)CCCCCCCCCCCCCC/C=C\C/C=C\C/C=C\C/C=C\CC)OC(=O)CCCCCCCCCCC/C=C\CCCCCCCCCC. The maximum atomic E-state index is 13.0. The Morgan fingerprint density at radius 1 is 0.253 bits per heavy atom. The van der Waals surface area contributed by atoms with Crippen LogP contribution >= 0.6 is 0 Å². The number of esters is 3. The van der Waals surface area contributed by atoms with E-state index in [4.69, 9.17) is 14.2 Å². The van der Waals surface area contributed by atoms with Gasteiger partial charge in [-0.3, -0.25) is 14.4 Å². The largest absolute Gasteiger partial charge is 0.462 e. The van der Waals surface area contributed by atoms with E-state index in [1.165, 1.54) is 167 Å². The first-order valence-electron chi connectivity index (χ1n) is 34.7. The lowest BCUT2D eigenvalue weighted by Gasteiger charge is -2.18. The second-order valence-electron chi connectivity index (χ2n) is 22.7. The van der Waals surface area contributed by atoms with Gasteiger partial charge in [-0.05, 0) is 122 Å². The minimum Gasteiger partial charge on any atom is -0.462 e. The predicted octanol–water partition coefficient (Wildman–Crippen LogP) is 24.1. The predicted molar refractivity (Wildman–Crippen MR) is 362 cm³/mol. The van der Waals surface area contributed by atoms with Gasteiger partial charge in [0, 0.05) is 19.3 Å². The molecule has 0 aliphatic rings. The van der Waals surface area contributed by atoms with Crippen LogP contribution in [0.2, 0.25) is 0 Å². The lowest BCUT2D eigenvalue weighted by atomic mass is 10.0. The van der Waals surface area contributed by atoms with Gasteiger partial charge in [0.2, 0.25) is 0 Å². The molecule has 0 saturated carbocycles. The number of carbonyl (C=O) groups is 3. The summed E-state index contributed by atoms with van der Waals surface area (Å²) in [5.74, 6) is -0.989. The molecule has 0 aliphatic heterocycles. The summed E-state index contributed by atoms with van der Waals surface area (Å²) < 4.78 is 16.9. The fourth-order valence-electron chi connectivity index (χ4n) is 9.52. The van der Waals surface area contributed by atoms with Crippen LogP contribution in [0.4, 0.5) is 0 Å². The van der Waals surface area contributed by atoms with Crippen molar-refractivity contribution in [3.05, 3.63) is 134 Å². The standard InChI is InChI=1S/C77H128O6/c1-4-7-10-13-16-19-22-25-28-31-34-36-37-38-39-41-43-46-49-52-55-58-61-64-67-70-76(79)82-73-74(72-81-75(78)69-66-63-60-57-54-51-48-45-42-33-30-27-24-21-18-15-12-9-6-3)83-77(80)71-68-65-62-59-56-53-50-47-44-40-35-32-29-26-23-20-17-14-11-8-5-2/h7,9-10,12,16,18-19,21,25,27-28,30,32,34-36,42,45,51,54,60,63,74H,4-6,8,11,13-15,17,20,22-24,26,29,31,33,37-41,43-44,46-50,52-53,55-59,61-62,64-73H2,1-3H3/b10-7-,12-9-,19-16-,21-18-,28-25-,30-27-,35-32-,36-34-,45-42-,54-51-,63-60-. The molecule has 0 heterocycles. The number of ether oxygens (including phenoxy) is 3. The van der Waals surface area contributed by atoms with E-state index in [2.05, 4.69) is 148 Å². The molecule has 0 saturated heterocycles. The first-order chi connectivity index (χ1) is 41.0. The van der Waals surface area contributed by atoms with Crippen LogP contribution in [-0.2, 0) is 28.6 Å². The summed E-state index contributed by atoms with van der Waals surface area (Å²) in [6, 6.07) is 0. The first kappa shape index (κ1) is 78.5. The molecule has 0 fully saturated rings. The average Bonchev–Trinajstić information content (AvgIpc) is 3.49. The van der Waals surface area contributed by atoms with Gasteiger partial charge in [0.1, 0.15) is 13.2 Å². The summed E-state index contributed by atoms with van der Waals surface area (Å²) in [6.07, 6.45) is 99.1. The molecule has 0 bridgehead atoms. The molecular formula is C77H128O6. The third kappa shape index (κ3) is 68.2. The second kappa shape index (κ2) is 70.0. The smallest absolute Gasteiger partial charge is 0.306 e. The van der Waals surface area contributed by atoms with Gasteiger partial charge in [0.15, 0.2) is 6.10 Å². The van der Waals surface area contributed by atoms with E-state index in [-0.39, 0.29) is 37.5 Å². The monoisotopic (exact) mass is 1150 g/mol. The Kier molecular flexibility index (Phi) is 66.3. The molecule has 0 aromatic carbocycles. The molecule has 1 atom stereocenters. The van der Waals surface area contributed by atoms with E-state index in [0.29, 0.717) is 19.3 Å². The van der Waals surface area contributed by atoms with Crippen molar-refractivity contribution < 1.29 is 28.6 Å². The number of allylic oxidation sites excluding steroid dienone is 22. The molecule has 0 aliphatic carbocycles. The molecule has 6 nitrogen and oxygen atoms in total. The summed E-state index contributed by atoms with van der Waals surface area (Å²) in [6.45, 7) is 6.37. The highest BCUT2D eigenvalue weighted by atomic mass is 16.6. The van der Waals surface area contributed by atoms with E-state index in [0.717, 1.165) is 103 Å². The Hall–Kier alpha value is -4.45. The molecule has 0 rings (SSSR count). The average molecular weight is 1150 g/mol. The maximum Gasteiger partial charge on any atom is 0.306 e. The molecule has 0 radical (unpaired) electrons. The fraction of sp³-hybridized carbons (Fsp3) is 0.675. The maximum absolute atomic E-state index is 13.0. The van der Waals surface area contributed by atoms with Gasteiger partial charge < -0.3 is 14.2 Å². The molecule has 1 unspecified atom stereocenters. The van der Waals surface area contributed by atoms with Crippen molar-refractivity contribution in [1.82, 2.24) is 0 Å². The molecule has 472 valence electrons. The Morgan fingerprint density at radius 3 is 0.819 bits per heavy atom. The molecule has 0 aromatic heterocycles. The minimum absolute atomic E-state index is 0.105. The summed E-state index contributed by atoms with van der Waals surface area (Å²) in [5.41, 5.74) is 0. The van der Waals surface area contributed by atoms with E-state index >= 15 is 0 Å². The van der Waals surface area contributed by atoms with Crippen LogP contribution < -0.4 is 0 Å². The van der Waals surface area contributed by atoms with Crippen molar-refractivity contribution in [1.29, 1.82) is 0 Å². The van der Waals surface area contributed by atoms with Crippen molar-refractivity contribution >= 4 is 17.9 Å². The van der Waals surface area contributed by atoms with Gasteiger partial charge in [-0.1, -0.05) is 309 Å². The van der Waals surface area contributed by atoms with Crippen molar-refractivity contribution in [2.24, 2.45) is 0 Å². The van der Waals surface area contributed by atoms with Crippen LogP contribution in [0.5, 0.6) is 0 Å². The van der Waals surface area contributed by atoms with Gasteiger partial charge >= 0.3 is 17.9 Å². The normalized spacial score (nSPS) is 13.0. The highest BCUT2D eigenvalue weighted by Gasteiger charge is 2.19. The summed E-state index contributed by atoms with van der Waals surface area (Å²) >= 11 is 0. The first-order valence-corrected chi connectivity index (χ1v) is 34.7. The van der Waals surface area contributed by atoms with Crippen LogP contribution in [0, 0.1) is 0 Å². The molecule has 6 heteroatoms. The summed E-state index contributed by atoms with van der Waals surface area (Å²) in [5, 5.41) is 0. The van der Waals surface area contributed by atoms with Crippen molar-refractivity contribution in [2.45, 2.75) is 322 Å². The van der Waals surface area contributed by atoms with Crippen LogP contribution in [0.1, 0.15) is 316 Å². The number of carbonyl (C=O) groups excluding carboxylic acids is 3. The van der Waals surface area contributed by atoms with Gasteiger partial charge in [0.25, 0.3) is 0 Å². The fourth-order valence-corrected chi connectivity index (χ4v) is 9.52. The molecule has 0 aromatic rings. The topological polar surface area (TPSA) is 78.9 Å². The highest BCUT2D eigenvalue weighted by Crippen LogP contribution is 2.16. The zero-order valence-corrected chi connectivity index (χ0v) is 54.2. The van der Waals surface area contributed by atoms with Gasteiger partial charge in [-0.2, -0.15) is 0 Å². The zero-order chi connectivity index (χ0) is 59.9. The van der Waals surface area contributed by atoms with Crippen LogP contribution in [0.25, 0.3) is 0 Å². The highest BCUT2D eigenvalue weighted by molar-refractivity contribution is 5.71. The Bertz CT molecular complexity index is 1750. The lowest BCUT2D eigenvalue weighted by Crippen LogP contribution is -2.30. The number of hydrogen-bond donors (Lipinski definition) is 0. The van der Waals surface area contributed by atoms with Crippen molar-refractivity contribution in [3.8, 4) is 0 Å². The number of rotatable bonds is 62. The van der Waals surface area contributed by atoms with Gasteiger partial charge in [-0.25, -0.2) is 0 Å². The Morgan fingerprint density at radius 2 is 0.494 bits per heavy atom.